The second-order valence-electron chi connectivity index (χ2n) is 4.94. The number of H-pyrrole nitrogens is 2. The Hall–Kier alpha value is -3.56. The number of rotatable bonds is 2. The number of anilines is 1. The Kier molecular flexibility index (Phi) is 2.70. The van der Waals surface area contributed by atoms with Crippen LogP contribution in [0.2, 0.25) is 0 Å². The third kappa shape index (κ3) is 2.04. The van der Waals surface area contributed by atoms with Gasteiger partial charge in [0.25, 0.3) is 17.4 Å². The van der Waals surface area contributed by atoms with Gasteiger partial charge in [-0.05, 0) is 23.8 Å². The van der Waals surface area contributed by atoms with E-state index in [1.54, 1.807) is 12.1 Å². The van der Waals surface area contributed by atoms with Crippen molar-refractivity contribution in [1.29, 1.82) is 0 Å². The summed E-state index contributed by atoms with van der Waals surface area (Å²) in [5.41, 5.74) is 1.75. The third-order valence-electron chi connectivity index (χ3n) is 3.45. The number of nitrogens with one attached hydrogen (secondary N) is 3. The van der Waals surface area contributed by atoms with E-state index in [9.17, 15) is 9.59 Å². The molecule has 4 rings (SSSR count). The Morgan fingerprint density at radius 2 is 2.22 bits per heavy atom. The largest absolute Gasteiger partial charge is 0.286 e. The normalized spacial score (nSPS) is 11.2. The molecule has 4 aromatic rings. The topological polar surface area (TPSA) is 134 Å². The average molecular weight is 310 g/mol. The van der Waals surface area contributed by atoms with Gasteiger partial charge in [-0.1, -0.05) is 17.2 Å². The molecule has 3 heterocycles. The maximum absolute atomic E-state index is 12.5. The van der Waals surface area contributed by atoms with Gasteiger partial charge in [-0.3, -0.25) is 20.0 Å². The van der Waals surface area contributed by atoms with Crippen molar-refractivity contribution in [2.45, 2.75) is 6.92 Å². The fraction of sp³-hybridized carbons (Fsp3) is 0.0769. The molecule has 0 aliphatic carbocycles. The smallest absolute Gasteiger partial charge is 0.280 e. The monoisotopic (exact) mass is 310 g/mol. The van der Waals surface area contributed by atoms with Crippen molar-refractivity contribution in [3.8, 4) is 0 Å². The van der Waals surface area contributed by atoms with Crippen molar-refractivity contribution in [3.63, 3.8) is 0 Å². The van der Waals surface area contributed by atoms with E-state index in [1.807, 2.05) is 13.0 Å². The van der Waals surface area contributed by atoms with Gasteiger partial charge in [0.1, 0.15) is 5.69 Å². The minimum atomic E-state index is -0.503. The van der Waals surface area contributed by atoms with Gasteiger partial charge in [0.2, 0.25) is 0 Å². The first-order valence-corrected chi connectivity index (χ1v) is 6.69. The molecule has 1 aromatic carbocycles. The summed E-state index contributed by atoms with van der Waals surface area (Å²) in [6, 6.07) is 6.86. The van der Waals surface area contributed by atoms with Gasteiger partial charge < -0.3 is 0 Å². The highest BCUT2D eigenvalue weighted by molar-refractivity contribution is 6.02. The molecular weight excluding hydrogens is 300 g/mol. The van der Waals surface area contributed by atoms with Crippen molar-refractivity contribution >= 4 is 28.4 Å². The van der Waals surface area contributed by atoms with E-state index in [-0.39, 0.29) is 17.2 Å². The van der Waals surface area contributed by atoms with Gasteiger partial charge >= 0.3 is 0 Å². The van der Waals surface area contributed by atoms with Gasteiger partial charge in [-0.25, -0.2) is 9.50 Å². The summed E-state index contributed by atoms with van der Waals surface area (Å²) in [5.74, 6) is -0.466. The molecule has 114 valence electrons. The Morgan fingerprint density at radius 3 is 3.00 bits per heavy atom. The van der Waals surface area contributed by atoms with Crippen molar-refractivity contribution in [2.75, 3.05) is 5.32 Å². The molecule has 0 saturated carbocycles. The van der Waals surface area contributed by atoms with Crippen LogP contribution < -0.4 is 10.9 Å². The molecule has 0 radical (unpaired) electrons. The summed E-state index contributed by atoms with van der Waals surface area (Å²) in [6.07, 6.45) is 0. The standard InChI is InChI=1S/C13H10N8O2/c1-6-3-2-4-7-10(6)14-9-5-8(18-21(9)12(7)23)11(22)15-13-16-19-20-17-13/h2-5,18H,1H3,(H2,15,16,17,19,20,22). The number of benzene rings is 1. The lowest BCUT2D eigenvalue weighted by molar-refractivity contribution is 0.102. The van der Waals surface area contributed by atoms with E-state index >= 15 is 0 Å². The molecule has 23 heavy (non-hydrogen) atoms. The lowest BCUT2D eigenvalue weighted by atomic mass is 10.1. The highest BCUT2D eigenvalue weighted by Crippen LogP contribution is 2.14. The summed E-state index contributed by atoms with van der Waals surface area (Å²) in [6.45, 7) is 1.88. The Morgan fingerprint density at radius 1 is 1.35 bits per heavy atom. The minimum Gasteiger partial charge on any atom is -0.286 e. The Bertz CT molecular complexity index is 1090. The Balaban J connectivity index is 1.86. The van der Waals surface area contributed by atoms with E-state index in [4.69, 9.17) is 0 Å². The van der Waals surface area contributed by atoms with Crippen molar-refractivity contribution in [1.82, 2.24) is 35.2 Å². The lowest BCUT2D eigenvalue weighted by Gasteiger charge is -2.01. The molecule has 0 atom stereocenters. The molecule has 10 heteroatoms. The van der Waals surface area contributed by atoms with Crippen LogP contribution in [0.25, 0.3) is 16.6 Å². The second-order valence-corrected chi connectivity index (χ2v) is 4.94. The zero-order valence-electron chi connectivity index (χ0n) is 11.9. The molecule has 10 nitrogen and oxygen atoms in total. The minimum absolute atomic E-state index is 0.0370. The summed E-state index contributed by atoms with van der Waals surface area (Å²) in [7, 11) is 0. The van der Waals surface area contributed by atoms with Crippen LogP contribution in [0.15, 0.2) is 29.1 Å². The van der Waals surface area contributed by atoms with Gasteiger partial charge in [-0.15, -0.1) is 5.10 Å². The number of para-hydroxylation sites is 1. The zero-order chi connectivity index (χ0) is 16.0. The maximum Gasteiger partial charge on any atom is 0.280 e. The molecule has 0 aliphatic rings. The predicted molar refractivity (Wildman–Crippen MR) is 80.2 cm³/mol. The molecule has 3 aromatic heterocycles. The van der Waals surface area contributed by atoms with Gasteiger partial charge in [-0.2, -0.15) is 5.21 Å². The first-order chi connectivity index (χ1) is 11.1. The molecule has 0 spiro atoms. The van der Waals surface area contributed by atoms with E-state index in [2.05, 4.69) is 36.0 Å². The molecule has 0 aliphatic heterocycles. The van der Waals surface area contributed by atoms with Crippen LogP contribution in [0.3, 0.4) is 0 Å². The molecule has 0 bridgehead atoms. The van der Waals surface area contributed by atoms with Crippen molar-refractivity contribution in [2.24, 2.45) is 0 Å². The summed E-state index contributed by atoms with van der Waals surface area (Å²) < 4.78 is 1.23. The summed E-state index contributed by atoms with van der Waals surface area (Å²) in [5, 5.41) is 18.5. The maximum atomic E-state index is 12.5. The average Bonchev–Trinajstić information content (AvgIpc) is 3.18. The first kappa shape index (κ1) is 13.1. The Labute approximate surface area is 127 Å². The summed E-state index contributed by atoms with van der Waals surface area (Å²) in [4.78, 5) is 29.1. The fourth-order valence-electron chi connectivity index (χ4n) is 2.36. The third-order valence-corrected chi connectivity index (χ3v) is 3.45. The van der Waals surface area contributed by atoms with Crippen LogP contribution in [-0.2, 0) is 0 Å². The van der Waals surface area contributed by atoms with Gasteiger partial charge in [0.05, 0.1) is 10.9 Å². The van der Waals surface area contributed by atoms with Gasteiger partial charge in [0.15, 0.2) is 5.65 Å². The van der Waals surface area contributed by atoms with Crippen LogP contribution in [-0.4, -0.2) is 41.1 Å². The number of nitrogens with zero attached hydrogens (tertiary/aromatic N) is 5. The predicted octanol–water partition coefficient (Wildman–Crippen LogP) is 0.250. The van der Waals surface area contributed by atoms with E-state index in [1.165, 1.54) is 10.6 Å². The van der Waals surface area contributed by atoms with Crippen molar-refractivity contribution < 1.29 is 4.79 Å². The number of aryl methyl sites for hydroxylation is 1. The van der Waals surface area contributed by atoms with E-state index in [0.29, 0.717) is 16.6 Å². The SMILES string of the molecule is Cc1cccc2c(=O)n3[nH]c(C(=O)Nc4nn[nH]n4)cc3nc12. The fourth-order valence-corrected chi connectivity index (χ4v) is 2.36. The number of aromatic amines is 2. The second kappa shape index (κ2) is 4.73. The molecule has 0 unspecified atom stereocenters. The number of hydrogen-bond acceptors (Lipinski definition) is 6. The molecule has 0 saturated heterocycles. The van der Waals surface area contributed by atoms with Crippen LogP contribution in [0.4, 0.5) is 5.95 Å². The number of amides is 1. The highest BCUT2D eigenvalue weighted by atomic mass is 16.2. The number of hydrogen-bond donors (Lipinski definition) is 3. The number of aromatic nitrogens is 7. The highest BCUT2D eigenvalue weighted by Gasteiger charge is 2.15. The zero-order valence-corrected chi connectivity index (χ0v) is 11.9. The van der Waals surface area contributed by atoms with E-state index in [0.717, 1.165) is 5.56 Å². The number of tetrazole rings is 1. The van der Waals surface area contributed by atoms with Gasteiger partial charge in [0, 0.05) is 6.07 Å². The number of carbonyl (C=O) groups excluding carboxylic acids is 1. The molecular formula is C13H10N8O2. The van der Waals surface area contributed by atoms with Crippen LogP contribution in [0.1, 0.15) is 16.1 Å². The van der Waals surface area contributed by atoms with E-state index < -0.39 is 5.91 Å². The van der Waals surface area contributed by atoms with Crippen LogP contribution >= 0.6 is 0 Å². The molecule has 0 fully saturated rings. The van der Waals surface area contributed by atoms with Crippen molar-refractivity contribution in [3.05, 3.63) is 45.9 Å². The van der Waals surface area contributed by atoms with Crippen LogP contribution in [0.5, 0.6) is 0 Å². The van der Waals surface area contributed by atoms with Crippen LogP contribution in [0, 0.1) is 6.92 Å². The lowest BCUT2D eigenvalue weighted by Crippen LogP contribution is -2.18. The number of carbonyl (C=O) groups is 1. The molecule has 3 N–H and O–H groups in total. The summed E-state index contributed by atoms with van der Waals surface area (Å²) >= 11 is 0. The number of fused-ring (bicyclic) bond motifs is 2. The quantitative estimate of drug-likeness (QED) is 0.486. The first-order valence-electron chi connectivity index (χ1n) is 6.69. The molecule has 1 amide bonds.